The van der Waals surface area contributed by atoms with Gasteiger partial charge in [-0.1, -0.05) is 30.3 Å². The number of hydrogen-bond donors (Lipinski definition) is 1. The van der Waals surface area contributed by atoms with Crippen molar-refractivity contribution in [2.45, 2.75) is 18.2 Å². The molecule has 0 saturated carbocycles. The van der Waals surface area contributed by atoms with E-state index in [0.717, 1.165) is 17.5 Å². The topological polar surface area (TPSA) is 63.4 Å². The summed E-state index contributed by atoms with van der Waals surface area (Å²) in [4.78, 5) is 0.286. The first-order valence-corrected chi connectivity index (χ1v) is 8.24. The molecule has 0 aliphatic heterocycles. The Labute approximate surface area is 126 Å². The maximum Gasteiger partial charge on any atom is 0.264 e. The molecule has 0 radical (unpaired) electrons. The normalized spacial score (nSPS) is 11.4. The number of sulfonamides is 1. The second-order valence-electron chi connectivity index (χ2n) is 4.94. The predicted octanol–water partition coefficient (Wildman–Crippen LogP) is 2.32. The number of hydrogen-bond acceptors (Lipinski definition) is 3. The predicted molar refractivity (Wildman–Crippen MR) is 86.0 cm³/mol. The van der Waals surface area contributed by atoms with E-state index in [1.165, 1.54) is 4.31 Å². The molecule has 0 spiro atoms. The smallest absolute Gasteiger partial charge is 0.264 e. The Morgan fingerprint density at radius 2 is 1.67 bits per heavy atom. The minimum Gasteiger partial charge on any atom is -0.330 e. The molecule has 2 rings (SSSR count). The van der Waals surface area contributed by atoms with E-state index in [2.05, 4.69) is 0 Å². The SMILES string of the molecule is Cc1ccccc1N(C)S(=O)(=O)c1ccc(CCN)cc1. The first-order valence-electron chi connectivity index (χ1n) is 6.80. The monoisotopic (exact) mass is 304 g/mol. The van der Waals surface area contributed by atoms with Gasteiger partial charge in [-0.15, -0.1) is 0 Å². The van der Waals surface area contributed by atoms with Gasteiger partial charge in [-0.3, -0.25) is 4.31 Å². The number of benzene rings is 2. The van der Waals surface area contributed by atoms with Gasteiger partial charge in [0.2, 0.25) is 0 Å². The Morgan fingerprint density at radius 1 is 1.05 bits per heavy atom. The lowest BCUT2D eigenvalue weighted by Crippen LogP contribution is -2.27. The van der Waals surface area contributed by atoms with E-state index in [4.69, 9.17) is 5.73 Å². The quantitative estimate of drug-likeness (QED) is 0.922. The first kappa shape index (κ1) is 15.5. The highest BCUT2D eigenvalue weighted by Crippen LogP contribution is 2.25. The molecular weight excluding hydrogens is 284 g/mol. The molecule has 5 heteroatoms. The van der Waals surface area contributed by atoms with Gasteiger partial charge in [0, 0.05) is 7.05 Å². The molecule has 2 N–H and O–H groups in total. The van der Waals surface area contributed by atoms with Crippen LogP contribution in [0.3, 0.4) is 0 Å². The second kappa shape index (κ2) is 6.28. The highest BCUT2D eigenvalue weighted by molar-refractivity contribution is 7.92. The summed E-state index contributed by atoms with van der Waals surface area (Å²) in [6.07, 6.45) is 0.744. The van der Waals surface area contributed by atoms with E-state index >= 15 is 0 Å². The average Bonchev–Trinajstić information content (AvgIpc) is 2.48. The summed E-state index contributed by atoms with van der Waals surface area (Å²) in [6.45, 7) is 2.45. The zero-order valence-corrected chi connectivity index (χ0v) is 13.1. The van der Waals surface area contributed by atoms with Gasteiger partial charge in [0.25, 0.3) is 10.0 Å². The molecule has 2 aromatic rings. The standard InChI is InChI=1S/C16H20N2O2S/c1-13-5-3-4-6-16(13)18(2)21(19,20)15-9-7-14(8-10-15)11-12-17/h3-10H,11-12,17H2,1-2H3. The third-order valence-corrected chi connectivity index (χ3v) is 5.26. The molecule has 0 atom stereocenters. The summed E-state index contributed by atoms with van der Waals surface area (Å²) in [6, 6.07) is 14.3. The molecule has 0 amide bonds. The molecule has 0 unspecified atom stereocenters. The van der Waals surface area contributed by atoms with Gasteiger partial charge in [-0.05, 0) is 49.2 Å². The molecule has 0 aliphatic carbocycles. The van der Waals surface area contributed by atoms with Crippen LogP contribution in [0.25, 0.3) is 0 Å². The lowest BCUT2D eigenvalue weighted by Gasteiger charge is -2.21. The molecule has 4 nitrogen and oxygen atoms in total. The third-order valence-electron chi connectivity index (χ3n) is 3.47. The van der Waals surface area contributed by atoms with Gasteiger partial charge in [0.15, 0.2) is 0 Å². The number of rotatable bonds is 5. The van der Waals surface area contributed by atoms with Crippen molar-refractivity contribution < 1.29 is 8.42 Å². The minimum absolute atomic E-state index is 0.286. The van der Waals surface area contributed by atoms with Crippen LogP contribution in [0.5, 0.6) is 0 Å². The largest absolute Gasteiger partial charge is 0.330 e. The van der Waals surface area contributed by atoms with E-state index in [1.54, 1.807) is 25.2 Å². The summed E-state index contributed by atoms with van der Waals surface area (Å²) in [5.74, 6) is 0. The fourth-order valence-electron chi connectivity index (χ4n) is 2.20. The third kappa shape index (κ3) is 3.25. The number of nitrogens with zero attached hydrogens (tertiary/aromatic N) is 1. The van der Waals surface area contributed by atoms with Crippen molar-refractivity contribution in [1.82, 2.24) is 0 Å². The molecule has 112 valence electrons. The van der Waals surface area contributed by atoms with Crippen molar-refractivity contribution >= 4 is 15.7 Å². The number of nitrogens with two attached hydrogens (primary N) is 1. The van der Waals surface area contributed by atoms with Crippen molar-refractivity contribution in [2.24, 2.45) is 5.73 Å². The molecular formula is C16H20N2O2S. The lowest BCUT2D eigenvalue weighted by atomic mass is 10.2. The van der Waals surface area contributed by atoms with Crippen molar-refractivity contribution in [3.05, 3.63) is 59.7 Å². The van der Waals surface area contributed by atoms with Crippen molar-refractivity contribution in [1.29, 1.82) is 0 Å². The fraction of sp³-hybridized carbons (Fsp3) is 0.250. The van der Waals surface area contributed by atoms with E-state index in [9.17, 15) is 8.42 Å². The van der Waals surface area contributed by atoms with Crippen LogP contribution < -0.4 is 10.0 Å². The number of anilines is 1. The Balaban J connectivity index is 2.35. The lowest BCUT2D eigenvalue weighted by molar-refractivity contribution is 0.594. The van der Waals surface area contributed by atoms with Gasteiger partial charge in [0.05, 0.1) is 10.6 Å². The number of aryl methyl sites for hydroxylation is 1. The van der Waals surface area contributed by atoms with Crippen LogP contribution in [0.4, 0.5) is 5.69 Å². The molecule has 0 aliphatic rings. The molecule has 2 aromatic carbocycles. The second-order valence-corrected chi connectivity index (χ2v) is 6.91. The Hall–Kier alpha value is -1.85. The highest BCUT2D eigenvalue weighted by Gasteiger charge is 2.22. The van der Waals surface area contributed by atoms with Crippen LogP contribution >= 0.6 is 0 Å². The van der Waals surface area contributed by atoms with Crippen LogP contribution in [-0.2, 0) is 16.4 Å². The van der Waals surface area contributed by atoms with Crippen LogP contribution in [0.15, 0.2) is 53.4 Å². The van der Waals surface area contributed by atoms with Crippen molar-refractivity contribution in [3.63, 3.8) is 0 Å². The Morgan fingerprint density at radius 3 is 2.24 bits per heavy atom. The van der Waals surface area contributed by atoms with Crippen LogP contribution in [-0.4, -0.2) is 22.0 Å². The van der Waals surface area contributed by atoms with Crippen LogP contribution in [0.1, 0.15) is 11.1 Å². The Bertz CT molecular complexity index is 709. The van der Waals surface area contributed by atoms with Crippen molar-refractivity contribution in [2.75, 3.05) is 17.9 Å². The summed E-state index contributed by atoms with van der Waals surface area (Å²) >= 11 is 0. The van der Waals surface area contributed by atoms with Gasteiger partial charge in [0.1, 0.15) is 0 Å². The van der Waals surface area contributed by atoms with Gasteiger partial charge in [-0.25, -0.2) is 8.42 Å². The van der Waals surface area contributed by atoms with E-state index < -0.39 is 10.0 Å². The van der Waals surface area contributed by atoms with Gasteiger partial charge in [-0.2, -0.15) is 0 Å². The maximum atomic E-state index is 12.7. The minimum atomic E-state index is -3.54. The van der Waals surface area contributed by atoms with Gasteiger partial charge >= 0.3 is 0 Å². The first-order chi connectivity index (χ1) is 9.96. The zero-order valence-electron chi connectivity index (χ0n) is 12.3. The number of para-hydroxylation sites is 1. The molecule has 0 aromatic heterocycles. The summed E-state index contributed by atoms with van der Waals surface area (Å²) in [7, 11) is -1.97. The van der Waals surface area contributed by atoms with E-state index in [0.29, 0.717) is 12.2 Å². The van der Waals surface area contributed by atoms with Crippen LogP contribution in [0.2, 0.25) is 0 Å². The zero-order chi connectivity index (χ0) is 15.5. The molecule has 21 heavy (non-hydrogen) atoms. The average molecular weight is 304 g/mol. The van der Waals surface area contributed by atoms with Crippen LogP contribution in [0, 0.1) is 6.92 Å². The molecule has 0 bridgehead atoms. The van der Waals surface area contributed by atoms with Gasteiger partial charge < -0.3 is 5.73 Å². The Kier molecular flexibility index (Phi) is 4.65. The fourth-order valence-corrected chi connectivity index (χ4v) is 3.46. The summed E-state index contributed by atoms with van der Waals surface area (Å²) in [5.41, 5.74) is 8.14. The van der Waals surface area contributed by atoms with Crippen molar-refractivity contribution in [3.8, 4) is 0 Å². The van der Waals surface area contributed by atoms with E-state index in [-0.39, 0.29) is 4.90 Å². The highest BCUT2D eigenvalue weighted by atomic mass is 32.2. The summed E-state index contributed by atoms with van der Waals surface area (Å²) in [5, 5.41) is 0. The molecule has 0 fully saturated rings. The van der Waals surface area contributed by atoms with E-state index in [1.807, 2.05) is 37.3 Å². The molecule has 0 heterocycles. The maximum absolute atomic E-state index is 12.7. The summed E-state index contributed by atoms with van der Waals surface area (Å²) < 4.78 is 26.6. The molecule has 0 saturated heterocycles.